The summed E-state index contributed by atoms with van der Waals surface area (Å²) >= 11 is 19.5. The zero-order valence-electron chi connectivity index (χ0n) is 17.4. The van der Waals surface area contributed by atoms with Crippen LogP contribution in [-0.4, -0.2) is 4.57 Å². The third-order valence-corrected chi connectivity index (χ3v) is 6.48. The Bertz CT molecular complexity index is 1500. The number of halogens is 3. The summed E-state index contributed by atoms with van der Waals surface area (Å²) in [5.74, 6) is 0. The Kier molecular flexibility index (Phi) is 5.99. The van der Waals surface area contributed by atoms with E-state index in [1.54, 1.807) is 12.1 Å². The van der Waals surface area contributed by atoms with E-state index in [4.69, 9.17) is 34.8 Å². The van der Waals surface area contributed by atoms with E-state index in [0.29, 0.717) is 38.1 Å². The summed E-state index contributed by atoms with van der Waals surface area (Å²) < 4.78 is 2.16. The number of hydrogen-bond donors (Lipinski definition) is 0. The van der Waals surface area contributed by atoms with Crippen molar-refractivity contribution < 1.29 is 0 Å². The van der Waals surface area contributed by atoms with Gasteiger partial charge in [-0.2, -0.15) is 0 Å². The van der Waals surface area contributed by atoms with Crippen molar-refractivity contribution in [2.24, 2.45) is 0 Å². The second-order valence-electron chi connectivity index (χ2n) is 7.75. The quantitative estimate of drug-likeness (QED) is 0.248. The molecular formula is C28H18Cl3NO. The van der Waals surface area contributed by atoms with Crippen molar-refractivity contribution in [2.75, 3.05) is 0 Å². The number of aromatic nitrogens is 1. The lowest BCUT2D eigenvalue weighted by Crippen LogP contribution is -2.17. The molecule has 0 N–H and O–H groups in total. The predicted molar refractivity (Wildman–Crippen MR) is 140 cm³/mol. The SMILES string of the molecule is O=c1c(-c2c(Cl)cc(Cl)cc2Cl)c(-c2ccccc2)n(Cc2ccccc2)c2ccccc12. The molecule has 0 radical (unpaired) electrons. The number of para-hydroxylation sites is 1. The summed E-state index contributed by atoms with van der Waals surface area (Å²) in [5.41, 5.74) is 4.43. The Hall–Kier alpha value is -3.04. The summed E-state index contributed by atoms with van der Waals surface area (Å²) in [6.07, 6.45) is 0. The second-order valence-corrected chi connectivity index (χ2v) is 9.00. The molecule has 5 rings (SSSR count). The zero-order valence-corrected chi connectivity index (χ0v) is 19.7. The molecule has 0 amide bonds. The summed E-state index contributed by atoms with van der Waals surface area (Å²) in [4.78, 5) is 14.0. The van der Waals surface area contributed by atoms with Gasteiger partial charge in [0.15, 0.2) is 5.43 Å². The minimum Gasteiger partial charge on any atom is -0.335 e. The van der Waals surface area contributed by atoms with Crippen LogP contribution in [0.15, 0.2) is 102 Å². The number of hydrogen-bond acceptors (Lipinski definition) is 1. The minimum absolute atomic E-state index is 0.125. The van der Waals surface area contributed by atoms with Gasteiger partial charge in [0.25, 0.3) is 0 Å². The molecule has 0 atom stereocenters. The standard InChI is InChI=1S/C28H18Cl3NO/c29-20-15-22(30)25(23(31)16-20)26-27(19-11-5-2-6-12-19)32(17-18-9-3-1-4-10-18)24-14-8-7-13-21(24)28(26)33/h1-16H,17H2. The van der Waals surface area contributed by atoms with Crippen LogP contribution in [0.25, 0.3) is 33.3 Å². The highest BCUT2D eigenvalue weighted by atomic mass is 35.5. The lowest BCUT2D eigenvalue weighted by molar-refractivity contribution is 0.836. The first-order valence-electron chi connectivity index (χ1n) is 10.4. The molecule has 0 aliphatic heterocycles. The molecule has 0 fully saturated rings. The molecule has 0 unspecified atom stereocenters. The average molecular weight is 491 g/mol. The molecule has 2 nitrogen and oxygen atoms in total. The maximum atomic E-state index is 14.0. The molecule has 1 aromatic heterocycles. The van der Waals surface area contributed by atoms with E-state index in [2.05, 4.69) is 16.7 Å². The van der Waals surface area contributed by atoms with Crippen LogP contribution in [0.5, 0.6) is 0 Å². The molecule has 5 heteroatoms. The van der Waals surface area contributed by atoms with Gasteiger partial charge >= 0.3 is 0 Å². The molecule has 0 saturated heterocycles. The number of fused-ring (bicyclic) bond motifs is 1. The normalized spacial score (nSPS) is 11.1. The fraction of sp³-hybridized carbons (Fsp3) is 0.0357. The first kappa shape index (κ1) is 21.8. The highest BCUT2D eigenvalue weighted by molar-refractivity contribution is 6.42. The van der Waals surface area contributed by atoms with Crippen LogP contribution in [-0.2, 0) is 6.54 Å². The van der Waals surface area contributed by atoms with Crippen molar-refractivity contribution in [3.8, 4) is 22.4 Å². The summed E-state index contributed by atoms with van der Waals surface area (Å²) in [6, 6.07) is 30.9. The summed E-state index contributed by atoms with van der Waals surface area (Å²) in [5, 5.41) is 1.69. The monoisotopic (exact) mass is 489 g/mol. The van der Waals surface area contributed by atoms with Crippen molar-refractivity contribution in [3.05, 3.63) is 128 Å². The van der Waals surface area contributed by atoms with Gasteiger partial charge in [-0.1, -0.05) is 108 Å². The lowest BCUT2D eigenvalue weighted by atomic mass is 9.95. The minimum atomic E-state index is -0.125. The van der Waals surface area contributed by atoms with Crippen LogP contribution >= 0.6 is 34.8 Å². The molecule has 5 aromatic rings. The first-order valence-corrected chi connectivity index (χ1v) is 11.6. The molecule has 162 valence electrons. The van der Waals surface area contributed by atoms with Crippen LogP contribution in [0.1, 0.15) is 5.56 Å². The largest absolute Gasteiger partial charge is 0.335 e. The van der Waals surface area contributed by atoms with E-state index in [1.165, 1.54) is 0 Å². The second kappa shape index (κ2) is 9.07. The first-order chi connectivity index (χ1) is 16.0. The number of rotatable bonds is 4. The summed E-state index contributed by atoms with van der Waals surface area (Å²) in [7, 11) is 0. The molecule has 0 aliphatic rings. The molecular weight excluding hydrogens is 473 g/mol. The Morgan fingerprint density at radius 1 is 0.667 bits per heavy atom. The molecule has 0 aliphatic carbocycles. The zero-order chi connectivity index (χ0) is 22.9. The van der Waals surface area contributed by atoms with E-state index in [9.17, 15) is 4.79 Å². The Balaban J connectivity index is 1.97. The van der Waals surface area contributed by atoms with E-state index < -0.39 is 0 Å². The number of pyridine rings is 1. The Labute approximate surface area is 206 Å². The van der Waals surface area contributed by atoms with E-state index >= 15 is 0 Å². The highest BCUT2D eigenvalue weighted by Crippen LogP contribution is 2.41. The molecule has 1 heterocycles. The smallest absolute Gasteiger partial charge is 0.197 e. The van der Waals surface area contributed by atoms with Gasteiger partial charge < -0.3 is 4.57 Å². The summed E-state index contributed by atoms with van der Waals surface area (Å²) in [6.45, 7) is 0.571. The van der Waals surface area contributed by atoms with Crippen LogP contribution in [0, 0.1) is 0 Å². The van der Waals surface area contributed by atoms with Gasteiger partial charge in [-0.15, -0.1) is 0 Å². The van der Waals surface area contributed by atoms with Gasteiger partial charge in [-0.25, -0.2) is 0 Å². The van der Waals surface area contributed by atoms with Crippen molar-refractivity contribution in [1.82, 2.24) is 4.57 Å². The lowest BCUT2D eigenvalue weighted by Gasteiger charge is -2.22. The van der Waals surface area contributed by atoms with Gasteiger partial charge in [0.1, 0.15) is 0 Å². The van der Waals surface area contributed by atoms with Crippen molar-refractivity contribution in [3.63, 3.8) is 0 Å². The van der Waals surface area contributed by atoms with Gasteiger partial charge in [-0.05, 0) is 35.4 Å². The van der Waals surface area contributed by atoms with E-state index in [0.717, 1.165) is 22.3 Å². The fourth-order valence-corrected chi connectivity index (χ4v) is 5.24. The third kappa shape index (κ3) is 4.06. The predicted octanol–water partition coefficient (Wildman–Crippen LogP) is 8.34. The van der Waals surface area contributed by atoms with Gasteiger partial charge in [0.2, 0.25) is 0 Å². The maximum absolute atomic E-state index is 14.0. The number of nitrogens with zero attached hydrogens (tertiary/aromatic N) is 1. The topological polar surface area (TPSA) is 22.0 Å². The molecule has 4 aromatic carbocycles. The van der Waals surface area contributed by atoms with Crippen molar-refractivity contribution in [2.45, 2.75) is 6.54 Å². The molecule has 33 heavy (non-hydrogen) atoms. The highest BCUT2D eigenvalue weighted by Gasteiger charge is 2.23. The molecule has 0 spiro atoms. The van der Waals surface area contributed by atoms with Crippen LogP contribution < -0.4 is 5.43 Å². The fourth-order valence-electron chi connectivity index (χ4n) is 4.24. The number of benzene rings is 4. The average Bonchev–Trinajstić information content (AvgIpc) is 2.82. The van der Waals surface area contributed by atoms with Crippen molar-refractivity contribution in [1.29, 1.82) is 0 Å². The molecule has 0 bridgehead atoms. The van der Waals surface area contributed by atoms with Crippen LogP contribution in [0.2, 0.25) is 15.1 Å². The maximum Gasteiger partial charge on any atom is 0.197 e. The van der Waals surface area contributed by atoms with Crippen molar-refractivity contribution >= 4 is 45.7 Å². The van der Waals surface area contributed by atoms with Gasteiger partial charge in [0, 0.05) is 22.5 Å². The van der Waals surface area contributed by atoms with E-state index in [1.807, 2.05) is 72.8 Å². The van der Waals surface area contributed by atoms with E-state index in [-0.39, 0.29) is 5.43 Å². The van der Waals surface area contributed by atoms with Gasteiger partial charge in [-0.3, -0.25) is 4.79 Å². The van der Waals surface area contributed by atoms with Crippen LogP contribution in [0.3, 0.4) is 0 Å². The van der Waals surface area contributed by atoms with Crippen LogP contribution in [0.4, 0.5) is 0 Å². The van der Waals surface area contributed by atoms with Gasteiger partial charge in [0.05, 0.1) is 26.8 Å². The molecule has 0 saturated carbocycles. The third-order valence-electron chi connectivity index (χ3n) is 5.66. The Morgan fingerprint density at radius 3 is 1.91 bits per heavy atom. The Morgan fingerprint density at radius 2 is 1.24 bits per heavy atom.